The smallest absolute Gasteiger partial charge is 0.265 e. The Bertz CT molecular complexity index is 868. The van der Waals surface area contributed by atoms with E-state index in [1.807, 2.05) is 0 Å². The second-order valence-electron chi connectivity index (χ2n) is 6.24. The van der Waals surface area contributed by atoms with Crippen LogP contribution in [-0.4, -0.2) is 36.8 Å². The highest BCUT2D eigenvalue weighted by molar-refractivity contribution is 7.89. The molecule has 1 saturated heterocycles. The summed E-state index contributed by atoms with van der Waals surface area (Å²) in [6.45, 7) is 3.16. The number of hydrogen-bond acceptors (Lipinski definition) is 5. The molecule has 2 N–H and O–H groups in total. The first-order chi connectivity index (χ1) is 11.9. The Morgan fingerprint density at radius 1 is 1.28 bits per heavy atom. The van der Waals surface area contributed by atoms with Crippen LogP contribution in [0.4, 0.5) is 5.69 Å². The van der Waals surface area contributed by atoms with Crippen LogP contribution < -0.4 is 5.32 Å². The van der Waals surface area contributed by atoms with Crippen molar-refractivity contribution in [2.45, 2.75) is 24.7 Å². The first-order valence-electron chi connectivity index (χ1n) is 8.05. The molecule has 0 aliphatic carbocycles. The van der Waals surface area contributed by atoms with Crippen LogP contribution in [-0.2, 0) is 10.0 Å². The van der Waals surface area contributed by atoms with E-state index < -0.39 is 15.9 Å². The van der Waals surface area contributed by atoms with Crippen LogP contribution in [0.2, 0.25) is 0 Å². The zero-order chi connectivity index (χ0) is 18.0. The summed E-state index contributed by atoms with van der Waals surface area (Å²) in [5.41, 5.74) is 0.452. The van der Waals surface area contributed by atoms with E-state index in [1.54, 1.807) is 12.1 Å². The summed E-state index contributed by atoms with van der Waals surface area (Å²) in [6.07, 6.45) is 1.71. The molecule has 134 valence electrons. The van der Waals surface area contributed by atoms with Crippen molar-refractivity contribution in [3.05, 3.63) is 40.6 Å². The van der Waals surface area contributed by atoms with E-state index in [0.29, 0.717) is 29.6 Å². The van der Waals surface area contributed by atoms with Gasteiger partial charge in [0.2, 0.25) is 10.0 Å². The number of amides is 1. The van der Waals surface area contributed by atoms with E-state index in [1.165, 1.54) is 27.9 Å². The zero-order valence-electron chi connectivity index (χ0n) is 13.8. The van der Waals surface area contributed by atoms with Crippen LogP contribution in [0.15, 0.2) is 40.6 Å². The molecule has 2 heterocycles. The van der Waals surface area contributed by atoms with E-state index in [9.17, 15) is 18.3 Å². The summed E-state index contributed by atoms with van der Waals surface area (Å²) in [6, 6.07) is 7.61. The number of phenolic OH excluding ortho intramolecular Hbond substituents is 1. The van der Waals surface area contributed by atoms with Gasteiger partial charge in [0.1, 0.15) is 5.75 Å². The van der Waals surface area contributed by atoms with E-state index >= 15 is 0 Å². The Morgan fingerprint density at radius 2 is 2.00 bits per heavy atom. The van der Waals surface area contributed by atoms with E-state index in [2.05, 4.69) is 12.2 Å². The molecule has 3 rings (SSSR count). The van der Waals surface area contributed by atoms with Crippen LogP contribution in [0.5, 0.6) is 5.75 Å². The van der Waals surface area contributed by atoms with Gasteiger partial charge in [-0.3, -0.25) is 4.79 Å². The van der Waals surface area contributed by atoms with Crippen molar-refractivity contribution in [1.82, 2.24) is 4.31 Å². The van der Waals surface area contributed by atoms with Crippen LogP contribution >= 0.6 is 11.3 Å². The van der Waals surface area contributed by atoms with Crippen molar-refractivity contribution in [1.29, 1.82) is 0 Å². The molecule has 0 saturated carbocycles. The zero-order valence-corrected chi connectivity index (χ0v) is 15.4. The number of thiophene rings is 1. The molecule has 2 aromatic rings. The molecular weight excluding hydrogens is 360 g/mol. The number of rotatable bonds is 4. The maximum absolute atomic E-state index is 12.7. The minimum atomic E-state index is -3.55. The summed E-state index contributed by atoms with van der Waals surface area (Å²) in [5, 5.41) is 13.6. The summed E-state index contributed by atoms with van der Waals surface area (Å²) < 4.78 is 26.9. The van der Waals surface area contributed by atoms with Crippen molar-refractivity contribution in [2.75, 3.05) is 18.4 Å². The second-order valence-corrected chi connectivity index (χ2v) is 9.09. The minimum absolute atomic E-state index is 0.0478. The van der Waals surface area contributed by atoms with Crippen molar-refractivity contribution in [2.24, 2.45) is 5.92 Å². The molecule has 0 spiro atoms. The average Bonchev–Trinajstić information content (AvgIpc) is 3.06. The van der Waals surface area contributed by atoms with Gasteiger partial charge in [-0.15, -0.1) is 11.3 Å². The second kappa shape index (κ2) is 7.15. The molecule has 1 aliphatic rings. The fourth-order valence-corrected chi connectivity index (χ4v) is 5.35. The number of carbonyl (C=O) groups is 1. The minimum Gasteiger partial charge on any atom is -0.508 e. The lowest BCUT2D eigenvalue weighted by Gasteiger charge is -2.29. The van der Waals surface area contributed by atoms with E-state index in [-0.39, 0.29) is 10.6 Å². The molecular formula is C17H20N2O4S2. The van der Waals surface area contributed by atoms with Crippen LogP contribution in [0.1, 0.15) is 29.4 Å². The number of phenols is 1. The van der Waals surface area contributed by atoms with Gasteiger partial charge in [-0.05, 0) is 37.0 Å². The largest absolute Gasteiger partial charge is 0.508 e. The maximum atomic E-state index is 12.7. The topological polar surface area (TPSA) is 86.7 Å². The Morgan fingerprint density at radius 3 is 2.68 bits per heavy atom. The number of piperidine rings is 1. The Balaban J connectivity index is 1.74. The number of carbonyl (C=O) groups excluding carboxylic acids is 1. The predicted molar refractivity (Wildman–Crippen MR) is 97.5 cm³/mol. The number of nitrogens with one attached hydrogen (secondary N) is 1. The van der Waals surface area contributed by atoms with Gasteiger partial charge in [-0.25, -0.2) is 8.42 Å². The summed E-state index contributed by atoms with van der Waals surface area (Å²) in [7, 11) is -3.55. The lowest BCUT2D eigenvalue weighted by Crippen LogP contribution is -2.37. The first-order valence-corrected chi connectivity index (χ1v) is 10.4. The molecule has 1 aliphatic heterocycles. The van der Waals surface area contributed by atoms with E-state index in [4.69, 9.17) is 0 Å². The van der Waals surface area contributed by atoms with Gasteiger partial charge in [0.15, 0.2) is 0 Å². The Hall–Kier alpha value is -1.90. The third-order valence-electron chi connectivity index (χ3n) is 4.28. The summed E-state index contributed by atoms with van der Waals surface area (Å²) in [4.78, 5) is 12.8. The predicted octanol–water partition coefficient (Wildman–Crippen LogP) is 3.13. The number of anilines is 1. The highest BCUT2D eigenvalue weighted by atomic mass is 32.2. The van der Waals surface area contributed by atoms with Crippen molar-refractivity contribution in [3.63, 3.8) is 0 Å². The highest BCUT2D eigenvalue weighted by Crippen LogP contribution is 2.27. The standard InChI is InChI=1S/C17H20N2O4S2/c1-12-5-7-19(8-6-12)25(22,23)15-10-16(24-11-15)17(21)18-13-3-2-4-14(20)9-13/h2-4,9-12,20H,5-8H2,1H3,(H,18,21). The van der Waals surface area contributed by atoms with Gasteiger partial charge in [-0.1, -0.05) is 13.0 Å². The molecule has 1 aromatic carbocycles. The molecule has 0 radical (unpaired) electrons. The van der Waals surface area contributed by atoms with Gasteiger partial charge in [0.05, 0.1) is 9.77 Å². The molecule has 6 nitrogen and oxygen atoms in total. The summed E-state index contributed by atoms with van der Waals surface area (Å²) >= 11 is 1.09. The Kier molecular flexibility index (Phi) is 5.12. The number of benzene rings is 1. The van der Waals surface area contributed by atoms with Crippen molar-refractivity contribution < 1.29 is 18.3 Å². The Labute approximate surface area is 151 Å². The van der Waals surface area contributed by atoms with Crippen molar-refractivity contribution >= 4 is 33.0 Å². The van der Waals surface area contributed by atoms with Crippen LogP contribution in [0.3, 0.4) is 0 Å². The van der Waals surface area contributed by atoms with Gasteiger partial charge in [-0.2, -0.15) is 4.31 Å². The van der Waals surface area contributed by atoms with Crippen LogP contribution in [0, 0.1) is 5.92 Å². The molecule has 0 bridgehead atoms. The van der Waals surface area contributed by atoms with Crippen LogP contribution in [0.25, 0.3) is 0 Å². The van der Waals surface area contributed by atoms with Gasteiger partial charge in [0.25, 0.3) is 5.91 Å². The number of nitrogens with zero attached hydrogens (tertiary/aromatic N) is 1. The molecule has 0 unspecified atom stereocenters. The van der Waals surface area contributed by atoms with Gasteiger partial charge in [0, 0.05) is 30.2 Å². The third kappa shape index (κ3) is 4.02. The molecule has 1 amide bonds. The molecule has 25 heavy (non-hydrogen) atoms. The molecule has 8 heteroatoms. The lowest BCUT2D eigenvalue weighted by atomic mass is 10.0. The van der Waals surface area contributed by atoms with Gasteiger partial charge >= 0.3 is 0 Å². The monoisotopic (exact) mass is 380 g/mol. The van der Waals surface area contributed by atoms with Crippen molar-refractivity contribution in [3.8, 4) is 5.75 Å². The molecule has 1 fully saturated rings. The quantitative estimate of drug-likeness (QED) is 0.853. The number of aromatic hydroxyl groups is 1. The number of sulfonamides is 1. The van der Waals surface area contributed by atoms with Gasteiger partial charge < -0.3 is 10.4 Å². The third-order valence-corrected chi connectivity index (χ3v) is 7.24. The first kappa shape index (κ1) is 17.9. The average molecular weight is 380 g/mol. The highest BCUT2D eigenvalue weighted by Gasteiger charge is 2.29. The maximum Gasteiger partial charge on any atom is 0.265 e. The normalized spacial score (nSPS) is 16.7. The fraction of sp³-hybridized carbons (Fsp3) is 0.353. The molecule has 0 atom stereocenters. The summed E-state index contributed by atoms with van der Waals surface area (Å²) in [5.74, 6) is 0.188. The lowest BCUT2D eigenvalue weighted by molar-refractivity contribution is 0.103. The SMILES string of the molecule is CC1CCN(S(=O)(=O)c2csc(C(=O)Nc3cccc(O)c3)c2)CC1. The fourth-order valence-electron chi connectivity index (χ4n) is 2.72. The molecule has 1 aromatic heterocycles. The van der Waals surface area contributed by atoms with E-state index in [0.717, 1.165) is 24.2 Å². The number of hydrogen-bond donors (Lipinski definition) is 2.